The van der Waals surface area contributed by atoms with Crippen molar-refractivity contribution in [3.05, 3.63) is 70.3 Å². The van der Waals surface area contributed by atoms with Crippen molar-refractivity contribution < 1.29 is 9.59 Å². The second-order valence-electron chi connectivity index (χ2n) is 6.80. The maximum Gasteiger partial charge on any atom is 0.265 e. The molecule has 0 aliphatic carbocycles. The summed E-state index contributed by atoms with van der Waals surface area (Å²) >= 11 is 0. The molecule has 27 heavy (non-hydrogen) atoms. The molecule has 0 spiro atoms. The number of nitrogens with one attached hydrogen (secondary N) is 1. The van der Waals surface area contributed by atoms with Crippen molar-refractivity contribution in [3.63, 3.8) is 0 Å². The van der Waals surface area contributed by atoms with Crippen molar-refractivity contribution in [2.45, 2.75) is 25.7 Å². The molecule has 3 rings (SSSR count). The van der Waals surface area contributed by atoms with Crippen LogP contribution < -0.4 is 11.3 Å². The molecule has 0 aromatic heterocycles. The molecular formula is C21H22N4O2. The van der Waals surface area contributed by atoms with Gasteiger partial charge in [-0.2, -0.15) is 5.26 Å². The summed E-state index contributed by atoms with van der Waals surface area (Å²) in [5.74, 6) is 5.13. The number of hydrazine groups is 1. The average molecular weight is 362 g/mol. The van der Waals surface area contributed by atoms with Crippen molar-refractivity contribution >= 4 is 11.8 Å². The topological polar surface area (TPSA) is 99.2 Å². The van der Waals surface area contributed by atoms with Crippen molar-refractivity contribution in [2.24, 2.45) is 5.84 Å². The molecule has 1 fully saturated rings. The van der Waals surface area contributed by atoms with Gasteiger partial charge in [0, 0.05) is 24.2 Å². The number of likely N-dealkylation sites (tertiary alicyclic amines) is 1. The number of carbonyl (C=O) groups is 2. The Kier molecular flexibility index (Phi) is 5.53. The lowest BCUT2D eigenvalue weighted by molar-refractivity contribution is 0.0713. The van der Waals surface area contributed by atoms with Crippen LogP contribution in [0.15, 0.2) is 42.5 Å². The standard InChI is InChI=1S/C21H22N4O2/c1-14-2-5-18(12-19(14)20(26)24-23)21(27)25-10-8-17(9-11-25)16-6-3-15(13-22)4-7-16/h2-7,12,17H,8-11,23H2,1H3,(H,24,26). The maximum absolute atomic E-state index is 12.8. The lowest BCUT2D eigenvalue weighted by Crippen LogP contribution is -2.38. The molecule has 1 heterocycles. The van der Waals surface area contributed by atoms with Crippen LogP contribution in [0, 0.1) is 18.3 Å². The van der Waals surface area contributed by atoms with E-state index in [1.807, 2.05) is 36.1 Å². The number of rotatable bonds is 3. The highest BCUT2D eigenvalue weighted by molar-refractivity contribution is 6.00. The molecule has 1 aliphatic heterocycles. The Hall–Kier alpha value is -3.17. The molecule has 6 heteroatoms. The zero-order valence-electron chi connectivity index (χ0n) is 15.2. The maximum atomic E-state index is 12.8. The fourth-order valence-electron chi connectivity index (χ4n) is 3.51. The van der Waals surface area contributed by atoms with Gasteiger partial charge in [0.05, 0.1) is 11.6 Å². The first-order chi connectivity index (χ1) is 13.0. The summed E-state index contributed by atoms with van der Waals surface area (Å²) in [6.07, 6.45) is 1.75. The number of piperidine rings is 1. The summed E-state index contributed by atoms with van der Waals surface area (Å²) in [4.78, 5) is 26.5. The lowest BCUT2D eigenvalue weighted by atomic mass is 9.89. The molecule has 2 aromatic carbocycles. The monoisotopic (exact) mass is 362 g/mol. The summed E-state index contributed by atoms with van der Waals surface area (Å²) in [7, 11) is 0. The Morgan fingerprint density at radius 2 is 1.81 bits per heavy atom. The minimum Gasteiger partial charge on any atom is -0.339 e. The molecule has 2 amide bonds. The number of nitrogen functional groups attached to an aromatic ring is 1. The number of nitrogens with two attached hydrogens (primary N) is 1. The largest absolute Gasteiger partial charge is 0.339 e. The van der Waals surface area contributed by atoms with Crippen LogP contribution in [0.2, 0.25) is 0 Å². The minimum atomic E-state index is -0.401. The highest BCUT2D eigenvalue weighted by atomic mass is 16.2. The third-order valence-electron chi connectivity index (χ3n) is 5.15. The van der Waals surface area contributed by atoms with Crippen molar-refractivity contribution in [1.29, 1.82) is 5.26 Å². The quantitative estimate of drug-likeness (QED) is 0.498. The Morgan fingerprint density at radius 1 is 1.15 bits per heavy atom. The molecular weight excluding hydrogens is 340 g/mol. The first kappa shape index (κ1) is 18.6. The summed E-state index contributed by atoms with van der Waals surface area (Å²) in [5, 5.41) is 8.90. The van der Waals surface area contributed by atoms with Gasteiger partial charge < -0.3 is 4.90 Å². The first-order valence-electron chi connectivity index (χ1n) is 8.94. The van der Waals surface area contributed by atoms with E-state index >= 15 is 0 Å². The highest BCUT2D eigenvalue weighted by Gasteiger charge is 2.25. The minimum absolute atomic E-state index is 0.0700. The predicted molar refractivity (Wildman–Crippen MR) is 102 cm³/mol. The molecule has 0 bridgehead atoms. The van der Waals surface area contributed by atoms with E-state index in [-0.39, 0.29) is 5.91 Å². The fourth-order valence-corrected chi connectivity index (χ4v) is 3.51. The molecule has 0 unspecified atom stereocenters. The molecule has 3 N–H and O–H groups in total. The summed E-state index contributed by atoms with van der Waals surface area (Å²) in [6.45, 7) is 3.13. The second kappa shape index (κ2) is 8.02. The molecule has 0 atom stereocenters. The average Bonchev–Trinajstić information content (AvgIpc) is 2.73. The molecule has 0 saturated carbocycles. The Morgan fingerprint density at radius 3 is 2.41 bits per heavy atom. The number of carbonyl (C=O) groups excluding carboxylic acids is 2. The number of aryl methyl sites for hydroxylation is 1. The van der Waals surface area contributed by atoms with E-state index in [2.05, 4.69) is 11.5 Å². The van der Waals surface area contributed by atoms with Gasteiger partial charge in [0.2, 0.25) is 0 Å². The predicted octanol–water partition coefficient (Wildman–Crippen LogP) is 2.49. The van der Waals surface area contributed by atoms with Gasteiger partial charge in [0.25, 0.3) is 11.8 Å². The van der Waals surface area contributed by atoms with E-state index in [9.17, 15) is 9.59 Å². The van der Waals surface area contributed by atoms with Crippen molar-refractivity contribution in [3.8, 4) is 6.07 Å². The second-order valence-corrected chi connectivity index (χ2v) is 6.80. The number of nitriles is 1. The van der Waals surface area contributed by atoms with Crippen LogP contribution in [-0.2, 0) is 0 Å². The summed E-state index contributed by atoms with van der Waals surface area (Å²) in [6, 6.07) is 14.9. The Balaban J connectivity index is 1.68. The summed E-state index contributed by atoms with van der Waals surface area (Å²) in [5.41, 5.74) is 5.66. The molecule has 1 aliphatic rings. The van der Waals surface area contributed by atoms with Gasteiger partial charge in [-0.15, -0.1) is 0 Å². The number of hydrogen-bond acceptors (Lipinski definition) is 4. The lowest BCUT2D eigenvalue weighted by Gasteiger charge is -2.32. The van der Waals surface area contributed by atoms with E-state index in [0.29, 0.717) is 35.7 Å². The normalized spacial score (nSPS) is 14.5. The first-order valence-corrected chi connectivity index (χ1v) is 8.94. The molecule has 1 saturated heterocycles. The van der Waals surface area contributed by atoms with E-state index in [1.54, 1.807) is 18.2 Å². The third kappa shape index (κ3) is 3.99. The molecule has 6 nitrogen and oxygen atoms in total. The van der Waals surface area contributed by atoms with Gasteiger partial charge in [-0.3, -0.25) is 15.0 Å². The van der Waals surface area contributed by atoms with E-state index in [4.69, 9.17) is 11.1 Å². The van der Waals surface area contributed by atoms with E-state index in [0.717, 1.165) is 18.4 Å². The smallest absolute Gasteiger partial charge is 0.265 e. The number of amides is 2. The van der Waals surface area contributed by atoms with Gasteiger partial charge in [-0.05, 0) is 61.1 Å². The van der Waals surface area contributed by atoms with Crippen LogP contribution in [0.5, 0.6) is 0 Å². The van der Waals surface area contributed by atoms with Crippen LogP contribution in [0.25, 0.3) is 0 Å². The third-order valence-corrected chi connectivity index (χ3v) is 5.15. The zero-order valence-corrected chi connectivity index (χ0v) is 15.2. The van der Waals surface area contributed by atoms with Gasteiger partial charge in [0.15, 0.2) is 0 Å². The number of nitrogens with zero attached hydrogens (tertiary/aromatic N) is 2. The van der Waals surface area contributed by atoms with Gasteiger partial charge in [0.1, 0.15) is 0 Å². The zero-order chi connectivity index (χ0) is 19.4. The number of benzene rings is 2. The molecule has 0 radical (unpaired) electrons. The molecule has 2 aromatic rings. The summed E-state index contributed by atoms with van der Waals surface area (Å²) < 4.78 is 0. The van der Waals surface area contributed by atoms with Gasteiger partial charge in [-0.25, -0.2) is 5.84 Å². The van der Waals surface area contributed by atoms with Crippen LogP contribution in [0.3, 0.4) is 0 Å². The Labute approximate surface area is 158 Å². The van der Waals surface area contributed by atoms with Crippen molar-refractivity contribution in [1.82, 2.24) is 10.3 Å². The van der Waals surface area contributed by atoms with Gasteiger partial charge in [-0.1, -0.05) is 18.2 Å². The van der Waals surface area contributed by atoms with Crippen molar-refractivity contribution in [2.75, 3.05) is 13.1 Å². The highest BCUT2D eigenvalue weighted by Crippen LogP contribution is 2.29. The fraction of sp³-hybridized carbons (Fsp3) is 0.286. The van der Waals surface area contributed by atoms with Gasteiger partial charge >= 0.3 is 0 Å². The Bertz CT molecular complexity index is 891. The van der Waals surface area contributed by atoms with E-state index in [1.165, 1.54) is 5.56 Å². The molecule has 138 valence electrons. The van der Waals surface area contributed by atoms with Crippen LogP contribution >= 0.6 is 0 Å². The van der Waals surface area contributed by atoms with E-state index < -0.39 is 5.91 Å². The van der Waals surface area contributed by atoms with Crippen LogP contribution in [0.4, 0.5) is 0 Å². The SMILES string of the molecule is Cc1ccc(C(=O)N2CCC(c3ccc(C#N)cc3)CC2)cc1C(=O)NN. The number of hydrogen-bond donors (Lipinski definition) is 2. The van der Waals surface area contributed by atoms with Crippen LogP contribution in [0.1, 0.15) is 56.2 Å². The van der Waals surface area contributed by atoms with Crippen LogP contribution in [-0.4, -0.2) is 29.8 Å².